The van der Waals surface area contributed by atoms with E-state index in [0.717, 1.165) is 11.1 Å². The third kappa shape index (κ3) is 18.9. The lowest BCUT2D eigenvalue weighted by molar-refractivity contribution is -0.139. The summed E-state index contributed by atoms with van der Waals surface area (Å²) in [5, 5.41) is 25.8. The highest BCUT2D eigenvalue weighted by Crippen LogP contribution is 2.21. The van der Waals surface area contributed by atoms with E-state index in [0.29, 0.717) is 18.4 Å². The minimum atomic E-state index is -1.46. The first-order valence-electron chi connectivity index (χ1n) is 21.7. The second kappa shape index (κ2) is 27.5. The average molecular weight is 896 g/mol. The van der Waals surface area contributed by atoms with Crippen molar-refractivity contribution < 1.29 is 52.9 Å². The number of nitrogens with one attached hydrogen (secondary N) is 6. The van der Waals surface area contributed by atoms with E-state index in [4.69, 9.17) is 15.2 Å². The molecule has 0 bridgehead atoms. The number of primary amides is 1. The van der Waals surface area contributed by atoms with Crippen LogP contribution < -0.4 is 37.6 Å². The summed E-state index contributed by atoms with van der Waals surface area (Å²) in [5.41, 5.74) is 6.57. The zero-order valence-electron chi connectivity index (χ0n) is 38.4. The van der Waals surface area contributed by atoms with Crippen LogP contribution in [0.25, 0.3) is 0 Å². The van der Waals surface area contributed by atoms with E-state index in [1.54, 1.807) is 64.1 Å². The van der Waals surface area contributed by atoms with Gasteiger partial charge in [0.15, 0.2) is 0 Å². The number of nitrogens with two attached hydrogens (primary N) is 1. The molecule has 0 unspecified atom stereocenters. The molecule has 0 aliphatic heterocycles. The lowest BCUT2D eigenvalue weighted by Gasteiger charge is -2.34. The van der Waals surface area contributed by atoms with Gasteiger partial charge in [-0.3, -0.25) is 38.4 Å². The Morgan fingerprint density at radius 3 is 1.83 bits per heavy atom. The molecule has 0 fully saturated rings. The molecular weight excluding hydrogens is 827 g/mol. The van der Waals surface area contributed by atoms with Gasteiger partial charge in [-0.25, -0.2) is 0 Å². The number of carbonyl (C=O) groups excluding carboxylic acids is 8. The van der Waals surface area contributed by atoms with Gasteiger partial charge < -0.3 is 52.2 Å². The van der Waals surface area contributed by atoms with Gasteiger partial charge >= 0.3 is 0 Å². The largest absolute Gasteiger partial charge is 0.394 e. The Balaban J connectivity index is 2.48. The highest BCUT2D eigenvalue weighted by molar-refractivity contribution is 6.37. The maximum Gasteiger partial charge on any atom is 0.287 e. The lowest BCUT2D eigenvalue weighted by atomic mass is 9.85. The van der Waals surface area contributed by atoms with Crippen LogP contribution in [0.2, 0.25) is 0 Å². The molecule has 0 radical (unpaired) electrons. The van der Waals surface area contributed by atoms with Crippen molar-refractivity contribution in [2.24, 2.45) is 17.1 Å². The quantitative estimate of drug-likeness (QED) is 0.0559. The number of Topliss-reactive ketones (excluding diaryl/α,β-unsaturated/α-hetero) is 1. The summed E-state index contributed by atoms with van der Waals surface area (Å²) >= 11 is 0. The molecule has 18 nitrogen and oxygen atoms in total. The van der Waals surface area contributed by atoms with Crippen molar-refractivity contribution in [3.05, 3.63) is 71.3 Å². The number of rotatable bonds is 28. The van der Waals surface area contributed by atoms with Gasteiger partial charge in [0.1, 0.15) is 36.8 Å². The summed E-state index contributed by atoms with van der Waals surface area (Å²) in [6.45, 7) is 12.9. The van der Waals surface area contributed by atoms with Crippen LogP contribution in [0.3, 0.4) is 0 Å². The van der Waals surface area contributed by atoms with Gasteiger partial charge in [0.2, 0.25) is 41.2 Å². The summed E-state index contributed by atoms with van der Waals surface area (Å²) in [5.74, 6) is -6.89. The van der Waals surface area contributed by atoms with Crippen LogP contribution in [0.5, 0.6) is 0 Å². The van der Waals surface area contributed by atoms with E-state index in [1.165, 1.54) is 0 Å². The minimum Gasteiger partial charge on any atom is -0.394 e. The number of hydrogen-bond donors (Lipinski definition) is 8. The fraction of sp³-hybridized carbons (Fsp3) is 0.565. The number of ketones is 1. The molecule has 0 aromatic heterocycles. The molecular formula is C46H69N7O11. The molecule has 7 amide bonds. The highest BCUT2D eigenvalue weighted by Gasteiger charge is 2.38. The molecule has 9 N–H and O–H groups in total. The third-order valence-electron chi connectivity index (χ3n) is 10.1. The van der Waals surface area contributed by atoms with Gasteiger partial charge in [-0.2, -0.15) is 0 Å². The van der Waals surface area contributed by atoms with E-state index in [2.05, 4.69) is 31.9 Å². The van der Waals surface area contributed by atoms with Gasteiger partial charge in [0, 0.05) is 13.0 Å². The summed E-state index contributed by atoms with van der Waals surface area (Å²) < 4.78 is 10.9. The molecule has 0 spiro atoms. The second-order valence-electron chi connectivity index (χ2n) is 17.1. The van der Waals surface area contributed by atoms with Crippen LogP contribution in [0.15, 0.2) is 54.6 Å². The van der Waals surface area contributed by atoms with Crippen molar-refractivity contribution in [1.29, 1.82) is 0 Å². The standard InChI is InChI=1S/C46H69N7O11/c1-9-11-21-32(38(56)40(47)57)49-41(58)33(22-28(3)4)51-45(62)39(46(6,7)8)53-42(59)34(23-31-20-16-15-17-29(31)5)50-44(61)36(26-64-25-30-18-13-12-14-19-30)52-43(60)35(24-54)48-37(55)27-63-10-2/h12-20,28,32-36,39,54H,9-11,21-27H2,1-8H3,(H2,47,57)(H,48,55)(H,49,58)(H,50,61)(H,51,62)(H,52,60)(H,53,59)/t32-,33-,34-,35-,36+,39+/m0/s1. The molecule has 0 aliphatic carbocycles. The molecule has 354 valence electrons. The fourth-order valence-corrected chi connectivity index (χ4v) is 6.49. The van der Waals surface area contributed by atoms with Crippen molar-refractivity contribution in [2.75, 3.05) is 26.4 Å². The minimum absolute atomic E-state index is 0.0492. The SMILES string of the molecule is CCCC[C@H](NC(=O)[C@H](CC(C)C)NC(=O)[C@@H](NC(=O)[C@H](Cc1ccccc1C)NC(=O)[C@@H](COCc1ccccc1)NC(=O)[C@H](CO)NC(=O)COCC)C(C)(C)C)C(=O)C(N)=O. The number of benzene rings is 2. The van der Waals surface area contributed by atoms with Crippen molar-refractivity contribution in [1.82, 2.24) is 31.9 Å². The van der Waals surface area contributed by atoms with Crippen LogP contribution in [0.1, 0.15) is 90.8 Å². The zero-order chi connectivity index (χ0) is 48.0. The molecule has 2 aromatic rings. The number of hydrogen-bond acceptors (Lipinski definition) is 11. The predicted octanol–water partition coefficient (Wildman–Crippen LogP) is 1.03. The Hall–Kier alpha value is -5.72. The number of ether oxygens (including phenoxy) is 2. The van der Waals surface area contributed by atoms with Crippen molar-refractivity contribution in [3.8, 4) is 0 Å². The number of aryl methyl sites for hydroxylation is 1. The van der Waals surface area contributed by atoms with Gasteiger partial charge in [-0.15, -0.1) is 0 Å². The van der Waals surface area contributed by atoms with Crippen LogP contribution in [0.4, 0.5) is 0 Å². The van der Waals surface area contributed by atoms with Crippen LogP contribution >= 0.6 is 0 Å². The monoisotopic (exact) mass is 896 g/mol. The molecule has 2 rings (SSSR count). The third-order valence-corrected chi connectivity index (χ3v) is 10.1. The predicted molar refractivity (Wildman–Crippen MR) is 239 cm³/mol. The Kier molecular flexibility index (Phi) is 23.3. The van der Waals surface area contributed by atoms with Gasteiger partial charge in [0.25, 0.3) is 5.91 Å². The summed E-state index contributed by atoms with van der Waals surface area (Å²) in [4.78, 5) is 107. The molecule has 0 aliphatic rings. The number of carbonyl (C=O) groups is 8. The normalized spacial score (nSPS) is 14.2. The first-order valence-corrected chi connectivity index (χ1v) is 21.7. The van der Waals surface area contributed by atoms with E-state index in [1.807, 2.05) is 45.9 Å². The van der Waals surface area contributed by atoms with Crippen molar-refractivity contribution in [3.63, 3.8) is 0 Å². The lowest BCUT2D eigenvalue weighted by Crippen LogP contribution is -2.62. The van der Waals surface area contributed by atoms with Crippen molar-refractivity contribution >= 4 is 47.1 Å². The molecule has 0 saturated heterocycles. The summed E-state index contributed by atoms with van der Waals surface area (Å²) in [6, 6.07) is 8.35. The molecule has 18 heteroatoms. The molecule has 6 atom stereocenters. The first kappa shape index (κ1) is 54.4. The highest BCUT2D eigenvalue weighted by atomic mass is 16.5. The van der Waals surface area contributed by atoms with Crippen LogP contribution in [0, 0.1) is 18.3 Å². The van der Waals surface area contributed by atoms with E-state index in [9.17, 15) is 43.5 Å². The first-order chi connectivity index (χ1) is 30.2. The molecule has 2 aromatic carbocycles. The second-order valence-corrected chi connectivity index (χ2v) is 17.1. The Bertz CT molecular complexity index is 1870. The number of aliphatic hydroxyl groups excluding tert-OH is 1. The Morgan fingerprint density at radius 1 is 0.688 bits per heavy atom. The zero-order valence-corrected chi connectivity index (χ0v) is 38.4. The fourth-order valence-electron chi connectivity index (χ4n) is 6.49. The molecule has 64 heavy (non-hydrogen) atoms. The average Bonchev–Trinajstić information content (AvgIpc) is 3.24. The summed E-state index contributed by atoms with van der Waals surface area (Å²) in [7, 11) is 0. The maximum absolute atomic E-state index is 14.5. The van der Waals surface area contributed by atoms with Gasteiger partial charge in [-0.1, -0.05) is 109 Å². The van der Waals surface area contributed by atoms with E-state index >= 15 is 0 Å². The smallest absolute Gasteiger partial charge is 0.287 e. The van der Waals surface area contributed by atoms with Gasteiger partial charge in [-0.05, 0) is 54.7 Å². The van der Waals surface area contributed by atoms with Crippen LogP contribution in [-0.4, -0.2) is 115 Å². The number of amides is 7. The number of unbranched alkanes of at least 4 members (excludes halogenated alkanes) is 1. The van der Waals surface area contributed by atoms with Crippen molar-refractivity contribution in [2.45, 2.75) is 130 Å². The van der Waals surface area contributed by atoms with E-state index in [-0.39, 0.29) is 51.6 Å². The molecule has 0 heterocycles. The van der Waals surface area contributed by atoms with Crippen LogP contribution in [-0.2, 0) is 60.9 Å². The maximum atomic E-state index is 14.5. The molecule has 0 saturated carbocycles. The topological polar surface area (TPSA) is 273 Å². The Morgan fingerprint density at radius 2 is 1.25 bits per heavy atom. The number of aliphatic hydroxyl groups is 1. The van der Waals surface area contributed by atoms with Gasteiger partial charge in [0.05, 0.1) is 25.9 Å². The summed E-state index contributed by atoms with van der Waals surface area (Å²) in [6.07, 6.45) is 1.46. The van der Waals surface area contributed by atoms with E-state index < -0.39 is 95.4 Å². The Labute approximate surface area is 376 Å².